The molecule has 0 aliphatic carbocycles. The van der Waals surface area contributed by atoms with E-state index in [1.807, 2.05) is 24.3 Å². The maximum atomic E-state index is 12.1. The summed E-state index contributed by atoms with van der Waals surface area (Å²) in [5.74, 6) is 0.804. The van der Waals surface area contributed by atoms with Crippen LogP contribution >= 0.6 is 15.9 Å². The molecule has 1 aromatic rings. The van der Waals surface area contributed by atoms with E-state index in [9.17, 15) is 4.21 Å². The van der Waals surface area contributed by atoms with Crippen molar-refractivity contribution in [3.63, 3.8) is 0 Å². The highest BCUT2D eigenvalue weighted by Gasteiger charge is 2.03. The molecule has 0 heterocycles. The molecule has 0 bridgehead atoms. The van der Waals surface area contributed by atoms with Crippen LogP contribution in [0.25, 0.3) is 0 Å². The Hall–Kier alpha value is -0.150. The van der Waals surface area contributed by atoms with Gasteiger partial charge in [-0.3, -0.25) is 4.21 Å². The van der Waals surface area contributed by atoms with Crippen LogP contribution in [0.1, 0.15) is 71.1 Å². The summed E-state index contributed by atoms with van der Waals surface area (Å²) < 4.78 is 13.1. The molecule has 0 fully saturated rings. The van der Waals surface area contributed by atoms with E-state index in [4.69, 9.17) is 0 Å². The summed E-state index contributed by atoms with van der Waals surface area (Å²) in [6.45, 7) is 2.26. The fourth-order valence-corrected chi connectivity index (χ4v) is 3.83. The van der Waals surface area contributed by atoms with Crippen LogP contribution < -0.4 is 0 Å². The van der Waals surface area contributed by atoms with Crippen molar-refractivity contribution in [2.75, 3.05) is 5.75 Å². The zero-order chi connectivity index (χ0) is 15.3. The first-order valence-corrected chi connectivity index (χ1v) is 10.5. The van der Waals surface area contributed by atoms with Crippen molar-refractivity contribution in [1.29, 1.82) is 0 Å². The molecular weight excluding hydrogens is 344 g/mol. The van der Waals surface area contributed by atoms with E-state index in [0.29, 0.717) is 0 Å². The Balaban J connectivity index is 1.96. The van der Waals surface area contributed by atoms with Crippen molar-refractivity contribution in [2.45, 2.75) is 76.0 Å². The minimum atomic E-state index is -0.825. The Bertz CT molecular complexity index is 389. The number of unbranched alkanes of at least 4 members (excludes halogenated alkanes) is 9. The second-order valence-corrected chi connectivity index (χ2v) is 8.17. The van der Waals surface area contributed by atoms with Gasteiger partial charge >= 0.3 is 0 Å². The van der Waals surface area contributed by atoms with Crippen molar-refractivity contribution in [1.82, 2.24) is 0 Å². The summed E-state index contributed by atoms with van der Waals surface area (Å²) in [6.07, 6.45) is 13.2. The van der Waals surface area contributed by atoms with E-state index in [0.717, 1.165) is 21.5 Å². The number of hydrogen-bond acceptors (Lipinski definition) is 1. The van der Waals surface area contributed by atoms with E-state index in [2.05, 4.69) is 22.9 Å². The van der Waals surface area contributed by atoms with Gasteiger partial charge < -0.3 is 0 Å². The molecular formula is C18H29BrOS. The van der Waals surface area contributed by atoms with Crippen molar-refractivity contribution >= 4 is 26.7 Å². The Morgan fingerprint density at radius 1 is 0.810 bits per heavy atom. The first kappa shape index (κ1) is 18.9. The minimum Gasteiger partial charge on any atom is -0.254 e. The van der Waals surface area contributed by atoms with Gasteiger partial charge in [0.05, 0.1) is 10.8 Å². The number of halogens is 1. The number of benzene rings is 1. The Morgan fingerprint density at radius 2 is 1.29 bits per heavy atom. The van der Waals surface area contributed by atoms with E-state index >= 15 is 0 Å². The lowest BCUT2D eigenvalue weighted by molar-refractivity contribution is 0.562. The third-order valence-electron chi connectivity index (χ3n) is 3.76. The van der Waals surface area contributed by atoms with Crippen molar-refractivity contribution in [3.8, 4) is 0 Å². The van der Waals surface area contributed by atoms with Gasteiger partial charge in [0.15, 0.2) is 0 Å². The van der Waals surface area contributed by atoms with Gasteiger partial charge in [0.2, 0.25) is 0 Å². The highest BCUT2D eigenvalue weighted by molar-refractivity contribution is 9.10. The molecule has 1 nitrogen and oxygen atoms in total. The lowest BCUT2D eigenvalue weighted by Gasteiger charge is -2.04. The van der Waals surface area contributed by atoms with Crippen LogP contribution in [0, 0.1) is 0 Å². The first-order chi connectivity index (χ1) is 10.2. The standard InChI is InChI=1S/C18H29BrOS/c1-2-3-4-5-6-7-8-9-10-11-16-21(20)18-14-12-17(19)13-15-18/h12-15H,2-11,16H2,1H3/t21-/m0/s1. The highest BCUT2D eigenvalue weighted by atomic mass is 79.9. The monoisotopic (exact) mass is 372 g/mol. The van der Waals surface area contributed by atoms with Crippen molar-refractivity contribution in [2.24, 2.45) is 0 Å². The molecule has 0 aliphatic heterocycles. The molecule has 21 heavy (non-hydrogen) atoms. The van der Waals surface area contributed by atoms with Gasteiger partial charge in [-0.25, -0.2) is 0 Å². The lowest BCUT2D eigenvalue weighted by atomic mass is 10.1. The summed E-state index contributed by atoms with van der Waals surface area (Å²) in [7, 11) is -0.825. The molecule has 0 saturated carbocycles. The van der Waals surface area contributed by atoms with Gasteiger partial charge in [-0.05, 0) is 30.7 Å². The van der Waals surface area contributed by atoms with Crippen LogP contribution in [0.5, 0.6) is 0 Å². The summed E-state index contributed by atoms with van der Waals surface area (Å²) in [5.41, 5.74) is 0. The smallest absolute Gasteiger partial charge is 0.0529 e. The van der Waals surface area contributed by atoms with Gasteiger partial charge in [-0.1, -0.05) is 80.6 Å². The quantitative estimate of drug-likeness (QED) is 0.383. The molecule has 0 N–H and O–H groups in total. The van der Waals surface area contributed by atoms with Gasteiger partial charge in [0.25, 0.3) is 0 Å². The third-order valence-corrected chi connectivity index (χ3v) is 5.75. The van der Waals surface area contributed by atoms with Crippen molar-refractivity contribution < 1.29 is 4.21 Å². The molecule has 0 aliphatic rings. The van der Waals surface area contributed by atoms with E-state index in [-0.39, 0.29) is 0 Å². The average Bonchev–Trinajstić information content (AvgIpc) is 2.49. The fraction of sp³-hybridized carbons (Fsp3) is 0.667. The summed E-state index contributed by atoms with van der Waals surface area (Å²) in [5, 5.41) is 0. The van der Waals surface area contributed by atoms with Gasteiger partial charge in [-0.2, -0.15) is 0 Å². The predicted molar refractivity (Wildman–Crippen MR) is 97.3 cm³/mol. The van der Waals surface area contributed by atoms with Gasteiger partial charge in [-0.15, -0.1) is 0 Å². The molecule has 0 spiro atoms. The second-order valence-electron chi connectivity index (χ2n) is 5.69. The molecule has 0 unspecified atom stereocenters. The topological polar surface area (TPSA) is 17.1 Å². The fourth-order valence-electron chi connectivity index (χ4n) is 2.42. The highest BCUT2D eigenvalue weighted by Crippen LogP contribution is 2.15. The molecule has 1 aromatic carbocycles. The molecule has 0 amide bonds. The summed E-state index contributed by atoms with van der Waals surface area (Å²) >= 11 is 3.40. The van der Waals surface area contributed by atoms with Crippen LogP contribution in [-0.4, -0.2) is 9.96 Å². The second kappa shape index (κ2) is 12.4. The SMILES string of the molecule is CCCCCCCCCCCC[S@](=O)c1ccc(Br)cc1. The third kappa shape index (κ3) is 9.46. The van der Waals surface area contributed by atoms with Gasteiger partial charge in [0.1, 0.15) is 0 Å². The maximum absolute atomic E-state index is 12.1. The number of hydrogen-bond donors (Lipinski definition) is 0. The Labute approximate surface area is 141 Å². The molecule has 1 atom stereocenters. The normalized spacial score (nSPS) is 12.5. The van der Waals surface area contributed by atoms with Crippen LogP contribution in [-0.2, 0) is 10.8 Å². The first-order valence-electron chi connectivity index (χ1n) is 8.38. The van der Waals surface area contributed by atoms with E-state index in [1.54, 1.807) is 0 Å². The van der Waals surface area contributed by atoms with Crippen LogP contribution in [0.4, 0.5) is 0 Å². The average molecular weight is 373 g/mol. The Kier molecular flexibility index (Phi) is 11.2. The van der Waals surface area contributed by atoms with Crippen molar-refractivity contribution in [3.05, 3.63) is 28.7 Å². The maximum Gasteiger partial charge on any atom is 0.0529 e. The van der Waals surface area contributed by atoms with Crippen LogP contribution in [0.15, 0.2) is 33.6 Å². The molecule has 120 valence electrons. The van der Waals surface area contributed by atoms with Gasteiger partial charge in [0, 0.05) is 15.1 Å². The zero-order valence-electron chi connectivity index (χ0n) is 13.3. The number of rotatable bonds is 12. The molecule has 0 saturated heterocycles. The van der Waals surface area contributed by atoms with Crippen LogP contribution in [0.3, 0.4) is 0 Å². The zero-order valence-corrected chi connectivity index (χ0v) is 15.7. The Morgan fingerprint density at radius 3 is 1.81 bits per heavy atom. The minimum absolute atomic E-state index is 0.804. The van der Waals surface area contributed by atoms with E-state index in [1.165, 1.54) is 57.8 Å². The summed E-state index contributed by atoms with van der Waals surface area (Å²) in [4.78, 5) is 0.953. The lowest BCUT2D eigenvalue weighted by Crippen LogP contribution is -1.98. The predicted octanol–water partition coefficient (Wildman–Crippen LogP) is 6.48. The van der Waals surface area contributed by atoms with E-state index < -0.39 is 10.8 Å². The summed E-state index contributed by atoms with van der Waals surface area (Å²) in [6, 6.07) is 7.84. The molecule has 0 radical (unpaired) electrons. The van der Waals surface area contributed by atoms with Crippen LogP contribution in [0.2, 0.25) is 0 Å². The molecule has 3 heteroatoms. The molecule has 1 rings (SSSR count). The largest absolute Gasteiger partial charge is 0.254 e. The molecule has 0 aromatic heterocycles.